The molecule has 0 bridgehead atoms. The quantitative estimate of drug-likeness (QED) is 0.319. The van der Waals surface area contributed by atoms with Gasteiger partial charge in [-0.05, 0) is 48.0 Å². The van der Waals surface area contributed by atoms with E-state index in [4.69, 9.17) is 0 Å². The van der Waals surface area contributed by atoms with Crippen molar-refractivity contribution >= 4 is 39.1 Å². The van der Waals surface area contributed by atoms with E-state index >= 15 is 0 Å². The zero-order valence-electron chi connectivity index (χ0n) is 17.7. The van der Waals surface area contributed by atoms with Gasteiger partial charge in [0, 0.05) is 16.6 Å². The Bertz CT molecular complexity index is 1640. The molecule has 1 amide bonds. The molecule has 166 valence electrons. The molecule has 6 rings (SSSR count). The summed E-state index contributed by atoms with van der Waals surface area (Å²) in [6, 6.07) is 19.6. The number of anilines is 1. The lowest BCUT2D eigenvalue weighted by atomic mass is 9.95. The van der Waals surface area contributed by atoms with Crippen LogP contribution in [-0.4, -0.2) is 36.2 Å². The monoisotopic (exact) mass is 450 g/mol. The third kappa shape index (κ3) is 2.96. The zero-order chi connectivity index (χ0) is 23.4. The minimum Gasteiger partial charge on any atom is -0.508 e. The van der Waals surface area contributed by atoms with Crippen LogP contribution < -0.4 is 4.90 Å². The van der Waals surface area contributed by atoms with Gasteiger partial charge in [0.1, 0.15) is 23.1 Å². The number of benzene rings is 3. The number of aliphatic hydroxyl groups is 1. The molecule has 1 aliphatic heterocycles. The topological polar surface area (TPSA) is 123 Å². The van der Waals surface area contributed by atoms with E-state index in [1.54, 1.807) is 48.8 Å². The van der Waals surface area contributed by atoms with Gasteiger partial charge in [0.2, 0.25) is 0 Å². The Kier molecular flexibility index (Phi) is 4.28. The number of aromatic nitrogens is 3. The highest BCUT2D eigenvalue weighted by atomic mass is 16.3. The fourth-order valence-corrected chi connectivity index (χ4v) is 4.49. The predicted molar refractivity (Wildman–Crippen MR) is 127 cm³/mol. The van der Waals surface area contributed by atoms with E-state index in [9.17, 15) is 20.1 Å². The number of aromatic amines is 1. The summed E-state index contributed by atoms with van der Waals surface area (Å²) in [5.41, 5.74) is 3.63. The standard InChI is InChI=1S/C26H18N4O4/c31-17-5-1-4-15(11-17)22-24(19-9-7-14-3-2-6-21(32)23(14)29-19)30(26(34)25(22)33)16-8-10-18-20(12-16)28-13-27-18/h1-13,24,31-33H,(H,27,28). The summed E-state index contributed by atoms with van der Waals surface area (Å²) in [6.45, 7) is 0. The Balaban J connectivity index is 1.60. The number of fused-ring (bicyclic) bond motifs is 2. The number of aromatic hydroxyl groups is 2. The van der Waals surface area contributed by atoms with Gasteiger partial charge < -0.3 is 20.3 Å². The lowest BCUT2D eigenvalue weighted by Crippen LogP contribution is -2.30. The Morgan fingerprint density at radius 1 is 0.912 bits per heavy atom. The minimum atomic E-state index is -0.810. The summed E-state index contributed by atoms with van der Waals surface area (Å²) in [6.07, 6.45) is 1.57. The fraction of sp³-hybridized carbons (Fsp3) is 0.0385. The molecule has 0 saturated carbocycles. The second-order valence-electron chi connectivity index (χ2n) is 8.08. The molecule has 2 aromatic heterocycles. The third-order valence-corrected chi connectivity index (χ3v) is 6.05. The predicted octanol–water partition coefficient (Wildman–Crippen LogP) is 4.58. The van der Waals surface area contributed by atoms with Gasteiger partial charge in [-0.2, -0.15) is 0 Å². The zero-order valence-corrected chi connectivity index (χ0v) is 17.7. The number of phenols is 2. The van der Waals surface area contributed by atoms with Crippen molar-refractivity contribution in [1.29, 1.82) is 0 Å². The van der Waals surface area contributed by atoms with Crippen LogP contribution in [-0.2, 0) is 4.79 Å². The first-order chi connectivity index (χ1) is 16.5. The number of hydrogen-bond acceptors (Lipinski definition) is 6. The number of para-hydroxylation sites is 1. The van der Waals surface area contributed by atoms with Crippen molar-refractivity contribution in [1.82, 2.24) is 15.0 Å². The van der Waals surface area contributed by atoms with Gasteiger partial charge in [0.05, 0.1) is 23.1 Å². The lowest BCUT2D eigenvalue weighted by Gasteiger charge is -2.27. The highest BCUT2D eigenvalue weighted by molar-refractivity contribution is 6.16. The second kappa shape index (κ2) is 7.35. The molecule has 3 aromatic carbocycles. The molecule has 0 saturated heterocycles. The number of imidazole rings is 1. The highest BCUT2D eigenvalue weighted by Crippen LogP contribution is 2.46. The van der Waals surface area contributed by atoms with Crippen LogP contribution in [0.1, 0.15) is 17.3 Å². The van der Waals surface area contributed by atoms with Gasteiger partial charge in [0.25, 0.3) is 5.91 Å². The van der Waals surface area contributed by atoms with E-state index in [0.717, 1.165) is 10.9 Å². The van der Waals surface area contributed by atoms with Gasteiger partial charge in [-0.25, -0.2) is 9.97 Å². The number of carbonyl (C=O) groups excluding carboxylic acids is 1. The number of hydrogen-bond donors (Lipinski definition) is 4. The number of amides is 1. The molecule has 8 heteroatoms. The molecule has 0 aliphatic carbocycles. The van der Waals surface area contributed by atoms with Crippen molar-refractivity contribution in [2.24, 2.45) is 0 Å². The normalized spacial score (nSPS) is 16.2. The lowest BCUT2D eigenvalue weighted by molar-refractivity contribution is -0.117. The third-order valence-electron chi connectivity index (χ3n) is 6.05. The molecule has 8 nitrogen and oxygen atoms in total. The van der Waals surface area contributed by atoms with Crippen LogP contribution in [0, 0.1) is 0 Å². The highest BCUT2D eigenvalue weighted by Gasteiger charge is 2.43. The van der Waals surface area contributed by atoms with E-state index in [1.807, 2.05) is 18.2 Å². The summed E-state index contributed by atoms with van der Waals surface area (Å²) in [5, 5.41) is 32.2. The molecule has 1 atom stereocenters. The van der Waals surface area contributed by atoms with Crippen molar-refractivity contribution in [2.45, 2.75) is 6.04 Å². The van der Waals surface area contributed by atoms with Crippen molar-refractivity contribution in [3.63, 3.8) is 0 Å². The summed E-state index contributed by atoms with van der Waals surface area (Å²) in [4.78, 5) is 26.9. The van der Waals surface area contributed by atoms with E-state index in [2.05, 4.69) is 15.0 Å². The molecule has 1 unspecified atom stereocenters. The smallest absolute Gasteiger partial charge is 0.294 e. The molecule has 3 heterocycles. The van der Waals surface area contributed by atoms with Crippen LogP contribution in [0.3, 0.4) is 0 Å². The van der Waals surface area contributed by atoms with Gasteiger partial charge in [-0.1, -0.05) is 30.3 Å². The second-order valence-corrected chi connectivity index (χ2v) is 8.08. The Hall–Kier alpha value is -4.85. The number of rotatable bonds is 3. The first-order valence-corrected chi connectivity index (χ1v) is 10.6. The van der Waals surface area contributed by atoms with Crippen molar-refractivity contribution in [2.75, 3.05) is 4.90 Å². The largest absolute Gasteiger partial charge is 0.508 e. The van der Waals surface area contributed by atoms with Crippen LogP contribution in [0.2, 0.25) is 0 Å². The Morgan fingerprint density at radius 2 is 1.76 bits per heavy atom. The molecule has 34 heavy (non-hydrogen) atoms. The summed E-state index contributed by atoms with van der Waals surface area (Å²) in [7, 11) is 0. The van der Waals surface area contributed by atoms with Gasteiger partial charge in [-0.3, -0.25) is 9.69 Å². The molecular weight excluding hydrogens is 432 g/mol. The van der Waals surface area contributed by atoms with Gasteiger partial charge in [-0.15, -0.1) is 0 Å². The van der Waals surface area contributed by atoms with Gasteiger partial charge in [0.15, 0.2) is 5.76 Å². The van der Waals surface area contributed by atoms with E-state index in [0.29, 0.717) is 33.6 Å². The summed E-state index contributed by atoms with van der Waals surface area (Å²) < 4.78 is 0. The summed E-state index contributed by atoms with van der Waals surface area (Å²) >= 11 is 0. The first kappa shape index (κ1) is 19.8. The van der Waals surface area contributed by atoms with Crippen LogP contribution >= 0.6 is 0 Å². The maximum absolute atomic E-state index is 13.4. The SMILES string of the molecule is O=C1C(O)=C(c2cccc(O)c2)C(c2ccc3cccc(O)c3n2)N1c1ccc2[nH]cnc2c1. The summed E-state index contributed by atoms with van der Waals surface area (Å²) in [5.74, 6) is -1.01. The maximum atomic E-state index is 13.4. The fourth-order valence-electron chi connectivity index (χ4n) is 4.49. The van der Waals surface area contributed by atoms with Crippen LogP contribution in [0.25, 0.3) is 27.5 Å². The first-order valence-electron chi connectivity index (χ1n) is 10.6. The van der Waals surface area contributed by atoms with Crippen molar-refractivity contribution in [3.8, 4) is 11.5 Å². The minimum absolute atomic E-state index is 0.00417. The average Bonchev–Trinajstić information content (AvgIpc) is 3.41. The van der Waals surface area contributed by atoms with Crippen molar-refractivity contribution < 1.29 is 20.1 Å². The van der Waals surface area contributed by atoms with Crippen LogP contribution in [0.15, 0.2) is 84.9 Å². The molecule has 0 fully saturated rings. The molecule has 0 radical (unpaired) electrons. The Labute approximate surface area is 193 Å². The average molecular weight is 450 g/mol. The molecule has 0 spiro atoms. The number of nitrogens with one attached hydrogen (secondary N) is 1. The van der Waals surface area contributed by atoms with E-state index in [1.165, 1.54) is 17.0 Å². The number of H-pyrrole nitrogens is 1. The number of nitrogens with zero attached hydrogens (tertiary/aromatic N) is 3. The van der Waals surface area contributed by atoms with Crippen LogP contribution in [0.5, 0.6) is 11.5 Å². The van der Waals surface area contributed by atoms with E-state index in [-0.39, 0.29) is 11.5 Å². The molecule has 1 aliphatic rings. The van der Waals surface area contributed by atoms with E-state index < -0.39 is 17.7 Å². The van der Waals surface area contributed by atoms with Crippen LogP contribution in [0.4, 0.5) is 5.69 Å². The number of carbonyl (C=O) groups is 1. The Morgan fingerprint density at radius 3 is 2.62 bits per heavy atom. The molecule has 4 N–H and O–H groups in total. The number of pyridine rings is 1. The maximum Gasteiger partial charge on any atom is 0.294 e. The number of aliphatic hydroxyl groups excluding tert-OH is 1. The molecular formula is C26H18N4O4. The van der Waals surface area contributed by atoms with Crippen molar-refractivity contribution in [3.05, 3.63) is 96.1 Å². The van der Waals surface area contributed by atoms with Gasteiger partial charge >= 0.3 is 0 Å². The molecule has 5 aromatic rings. The number of phenolic OH excluding ortho intramolecular Hbond substituents is 2.